The fraction of sp³-hybridized carbons (Fsp3) is 0.474. The van der Waals surface area contributed by atoms with Crippen molar-refractivity contribution in [2.45, 2.75) is 38.8 Å². The van der Waals surface area contributed by atoms with Crippen LogP contribution in [0.1, 0.15) is 37.1 Å². The number of carbonyl (C=O) groups excluding carboxylic acids is 1. The number of nitrogens with zero attached hydrogens (tertiary/aromatic N) is 3. The van der Waals surface area contributed by atoms with E-state index in [-0.39, 0.29) is 11.8 Å². The molecule has 4 rings (SSSR count). The summed E-state index contributed by atoms with van der Waals surface area (Å²) in [7, 11) is 0. The van der Waals surface area contributed by atoms with E-state index in [2.05, 4.69) is 4.98 Å². The first-order valence-electron chi connectivity index (χ1n) is 8.83. The minimum atomic E-state index is -0.849. The molecule has 0 aliphatic heterocycles. The molecule has 2 aliphatic rings. The van der Waals surface area contributed by atoms with Gasteiger partial charge in [-0.25, -0.2) is 13.8 Å². The van der Waals surface area contributed by atoms with Crippen molar-refractivity contribution in [3.05, 3.63) is 53.6 Å². The second-order valence-corrected chi connectivity index (χ2v) is 7.16. The van der Waals surface area contributed by atoms with Gasteiger partial charge in [-0.3, -0.25) is 4.79 Å². The number of imidazole rings is 1. The standard InChI is InChI=1S/C19H21F2N3O/c20-16-6-3-14(9-17(16)21)11-23-8-7-22-18(23)12-24(10-13-1-2-13)19(25)15-4-5-15/h3,6-9,13,15H,1-2,4-5,10-12H2. The zero-order valence-corrected chi connectivity index (χ0v) is 14.0. The summed E-state index contributed by atoms with van der Waals surface area (Å²) in [6, 6.07) is 3.91. The van der Waals surface area contributed by atoms with Crippen LogP contribution < -0.4 is 0 Å². The van der Waals surface area contributed by atoms with E-state index in [9.17, 15) is 13.6 Å². The van der Waals surface area contributed by atoms with Gasteiger partial charge in [-0.2, -0.15) is 0 Å². The van der Waals surface area contributed by atoms with Crippen LogP contribution in [0.25, 0.3) is 0 Å². The topological polar surface area (TPSA) is 38.1 Å². The average Bonchev–Trinajstić information content (AvgIpc) is 3.50. The van der Waals surface area contributed by atoms with Crippen molar-refractivity contribution in [2.24, 2.45) is 11.8 Å². The molecule has 1 aromatic heterocycles. The van der Waals surface area contributed by atoms with Crippen molar-refractivity contribution in [1.82, 2.24) is 14.5 Å². The lowest BCUT2D eigenvalue weighted by molar-refractivity contribution is -0.133. The smallest absolute Gasteiger partial charge is 0.226 e. The largest absolute Gasteiger partial charge is 0.335 e. The molecule has 0 radical (unpaired) electrons. The van der Waals surface area contributed by atoms with Crippen molar-refractivity contribution in [2.75, 3.05) is 6.54 Å². The molecule has 2 saturated carbocycles. The molecule has 6 heteroatoms. The second-order valence-electron chi connectivity index (χ2n) is 7.16. The molecule has 1 heterocycles. The fourth-order valence-corrected chi connectivity index (χ4v) is 3.07. The average molecular weight is 345 g/mol. The Bertz CT molecular complexity index is 781. The van der Waals surface area contributed by atoms with E-state index in [1.807, 2.05) is 15.7 Å². The fourth-order valence-electron chi connectivity index (χ4n) is 3.07. The molecule has 0 bridgehead atoms. The number of benzene rings is 1. The van der Waals surface area contributed by atoms with Crippen molar-refractivity contribution in [1.29, 1.82) is 0 Å². The Labute approximate surface area is 145 Å². The number of aromatic nitrogens is 2. The first-order valence-corrected chi connectivity index (χ1v) is 8.83. The summed E-state index contributed by atoms with van der Waals surface area (Å²) in [5, 5.41) is 0. The Morgan fingerprint density at radius 2 is 2.00 bits per heavy atom. The molecule has 25 heavy (non-hydrogen) atoms. The van der Waals surface area contributed by atoms with Crippen LogP contribution in [0.5, 0.6) is 0 Å². The lowest BCUT2D eigenvalue weighted by Gasteiger charge is -2.23. The molecule has 0 unspecified atom stereocenters. The normalized spacial score (nSPS) is 16.9. The summed E-state index contributed by atoms with van der Waals surface area (Å²) in [6.45, 7) is 1.68. The Hall–Kier alpha value is -2.24. The Kier molecular flexibility index (Phi) is 4.27. The van der Waals surface area contributed by atoms with E-state index in [0.717, 1.165) is 31.3 Å². The first-order chi connectivity index (χ1) is 12.1. The summed E-state index contributed by atoms with van der Waals surface area (Å²) in [5.41, 5.74) is 0.667. The van der Waals surface area contributed by atoms with E-state index in [1.54, 1.807) is 12.3 Å². The van der Waals surface area contributed by atoms with Crippen molar-refractivity contribution in [3.63, 3.8) is 0 Å². The number of rotatable bonds is 7. The summed E-state index contributed by atoms with van der Waals surface area (Å²) in [4.78, 5) is 18.9. The van der Waals surface area contributed by atoms with Gasteiger partial charge in [0.2, 0.25) is 5.91 Å². The van der Waals surface area contributed by atoms with E-state index >= 15 is 0 Å². The number of halogens is 2. The number of amides is 1. The molecular formula is C19H21F2N3O. The molecule has 4 nitrogen and oxygen atoms in total. The molecule has 132 valence electrons. The molecule has 1 aromatic carbocycles. The van der Waals surface area contributed by atoms with E-state index < -0.39 is 11.6 Å². The zero-order chi connectivity index (χ0) is 17.4. The molecule has 2 aliphatic carbocycles. The van der Waals surface area contributed by atoms with Crippen LogP contribution in [-0.4, -0.2) is 26.9 Å². The lowest BCUT2D eigenvalue weighted by Crippen LogP contribution is -2.34. The molecule has 0 spiro atoms. The van der Waals surface area contributed by atoms with Crippen LogP contribution in [0.15, 0.2) is 30.6 Å². The molecule has 0 saturated heterocycles. The lowest BCUT2D eigenvalue weighted by atomic mass is 10.2. The Morgan fingerprint density at radius 1 is 1.20 bits per heavy atom. The van der Waals surface area contributed by atoms with Crippen molar-refractivity contribution < 1.29 is 13.6 Å². The molecule has 0 N–H and O–H groups in total. The van der Waals surface area contributed by atoms with Gasteiger partial charge in [0.05, 0.1) is 6.54 Å². The summed E-state index contributed by atoms with van der Waals surface area (Å²) < 4.78 is 28.4. The van der Waals surface area contributed by atoms with Gasteiger partial charge < -0.3 is 9.47 Å². The van der Waals surface area contributed by atoms with Gasteiger partial charge in [0.1, 0.15) is 5.82 Å². The predicted molar refractivity (Wildman–Crippen MR) is 88.6 cm³/mol. The highest BCUT2D eigenvalue weighted by Gasteiger charge is 2.36. The molecule has 2 fully saturated rings. The highest BCUT2D eigenvalue weighted by Crippen LogP contribution is 2.35. The SMILES string of the molecule is O=C(C1CC1)N(Cc1nccn1Cc1ccc(F)c(F)c1)CC1CC1. The third-order valence-electron chi connectivity index (χ3n) is 4.88. The second kappa shape index (κ2) is 6.58. The number of hydrogen-bond acceptors (Lipinski definition) is 2. The van der Waals surface area contributed by atoms with E-state index in [4.69, 9.17) is 0 Å². The molecule has 0 atom stereocenters. The molecular weight excluding hydrogens is 324 g/mol. The Morgan fingerprint density at radius 3 is 2.68 bits per heavy atom. The quantitative estimate of drug-likeness (QED) is 0.772. The number of hydrogen-bond donors (Lipinski definition) is 0. The van der Waals surface area contributed by atoms with Crippen LogP contribution in [0.4, 0.5) is 8.78 Å². The van der Waals surface area contributed by atoms with Gasteiger partial charge in [0, 0.05) is 31.4 Å². The third-order valence-corrected chi connectivity index (χ3v) is 4.88. The van der Waals surface area contributed by atoms with Crippen LogP contribution >= 0.6 is 0 Å². The van der Waals surface area contributed by atoms with Gasteiger partial charge in [0.25, 0.3) is 0 Å². The van der Waals surface area contributed by atoms with Gasteiger partial charge in [-0.15, -0.1) is 0 Å². The van der Waals surface area contributed by atoms with E-state index in [0.29, 0.717) is 24.6 Å². The number of carbonyl (C=O) groups is 1. The predicted octanol–water partition coefficient (Wildman–Crippen LogP) is 3.36. The summed E-state index contributed by atoms with van der Waals surface area (Å²) in [6.07, 6.45) is 7.86. The van der Waals surface area contributed by atoms with Crippen LogP contribution in [-0.2, 0) is 17.9 Å². The highest BCUT2D eigenvalue weighted by molar-refractivity contribution is 5.81. The van der Waals surface area contributed by atoms with Crippen molar-refractivity contribution in [3.8, 4) is 0 Å². The minimum Gasteiger partial charge on any atom is -0.335 e. The maximum atomic E-state index is 13.4. The van der Waals surface area contributed by atoms with Gasteiger partial charge in [0.15, 0.2) is 11.6 Å². The van der Waals surface area contributed by atoms with Crippen LogP contribution in [0.3, 0.4) is 0 Å². The zero-order valence-electron chi connectivity index (χ0n) is 14.0. The van der Waals surface area contributed by atoms with Crippen molar-refractivity contribution >= 4 is 5.91 Å². The summed E-state index contributed by atoms with van der Waals surface area (Å²) >= 11 is 0. The van der Waals surface area contributed by atoms with Gasteiger partial charge in [-0.1, -0.05) is 6.07 Å². The van der Waals surface area contributed by atoms with Crippen LogP contribution in [0, 0.1) is 23.5 Å². The molecule has 1 amide bonds. The first kappa shape index (κ1) is 16.2. The van der Waals surface area contributed by atoms with Gasteiger partial charge in [-0.05, 0) is 49.3 Å². The maximum absolute atomic E-state index is 13.4. The summed E-state index contributed by atoms with van der Waals surface area (Å²) in [5.74, 6) is 0.123. The van der Waals surface area contributed by atoms with Crippen LogP contribution in [0.2, 0.25) is 0 Å². The molecule has 2 aromatic rings. The Balaban J connectivity index is 1.49. The minimum absolute atomic E-state index is 0.188. The monoisotopic (exact) mass is 345 g/mol. The highest BCUT2D eigenvalue weighted by atomic mass is 19.2. The van der Waals surface area contributed by atoms with E-state index in [1.165, 1.54) is 18.9 Å². The van der Waals surface area contributed by atoms with Gasteiger partial charge >= 0.3 is 0 Å². The maximum Gasteiger partial charge on any atom is 0.226 e. The third kappa shape index (κ3) is 3.89.